The third-order valence-electron chi connectivity index (χ3n) is 1.62. The summed E-state index contributed by atoms with van der Waals surface area (Å²) >= 11 is 1.36. The second-order valence-corrected chi connectivity index (χ2v) is 4.12. The maximum atomic E-state index is 9.42. The van der Waals surface area contributed by atoms with Crippen LogP contribution in [0.1, 0.15) is 5.69 Å². The van der Waals surface area contributed by atoms with Gasteiger partial charge in [-0.25, -0.2) is 9.97 Å². The first kappa shape index (κ1) is 12.2. The number of rotatable bonds is 5. The van der Waals surface area contributed by atoms with Crippen LogP contribution in [0.15, 0.2) is 11.2 Å². The highest BCUT2D eigenvalue weighted by atomic mass is 32.2. The molecule has 0 saturated heterocycles. The molecule has 0 saturated carbocycles. The molecule has 1 heterocycles. The fourth-order valence-corrected chi connectivity index (χ4v) is 1.86. The Kier molecular flexibility index (Phi) is 4.80. The summed E-state index contributed by atoms with van der Waals surface area (Å²) in [4.78, 5) is 8.23. The summed E-state index contributed by atoms with van der Waals surface area (Å²) in [6.07, 6.45) is -0.509. The van der Waals surface area contributed by atoms with Gasteiger partial charge in [-0.1, -0.05) is 11.8 Å². The van der Waals surface area contributed by atoms with Gasteiger partial charge in [-0.2, -0.15) is 0 Å². The number of nitrogen functional groups attached to an aromatic ring is 1. The van der Waals surface area contributed by atoms with Crippen molar-refractivity contribution in [2.45, 2.75) is 18.2 Å². The number of nitrogens with zero attached hydrogens (tertiary/aromatic N) is 2. The van der Waals surface area contributed by atoms with E-state index in [9.17, 15) is 5.11 Å². The SMILES string of the molecule is COCC(O)CSc1nc(C)cc(N)n1. The Balaban J connectivity index is 2.50. The third-order valence-corrected chi connectivity index (χ3v) is 2.61. The molecule has 0 spiro atoms. The van der Waals surface area contributed by atoms with Crippen molar-refractivity contribution in [1.82, 2.24) is 9.97 Å². The lowest BCUT2D eigenvalue weighted by Crippen LogP contribution is -2.16. The van der Waals surface area contributed by atoms with E-state index in [1.807, 2.05) is 6.92 Å². The van der Waals surface area contributed by atoms with Crippen LogP contribution in [-0.2, 0) is 4.74 Å². The van der Waals surface area contributed by atoms with E-state index in [-0.39, 0.29) is 0 Å². The van der Waals surface area contributed by atoms with Gasteiger partial charge < -0.3 is 15.6 Å². The zero-order chi connectivity index (χ0) is 11.3. The highest BCUT2D eigenvalue weighted by Gasteiger charge is 2.06. The molecule has 1 rings (SSSR count). The maximum absolute atomic E-state index is 9.42. The van der Waals surface area contributed by atoms with E-state index in [0.29, 0.717) is 23.3 Å². The molecule has 0 fully saturated rings. The minimum Gasteiger partial charge on any atom is -0.390 e. The summed E-state index contributed by atoms with van der Waals surface area (Å²) in [5.41, 5.74) is 6.40. The Morgan fingerprint density at radius 1 is 1.60 bits per heavy atom. The average molecular weight is 229 g/mol. The Labute approximate surface area is 93.1 Å². The Bertz CT molecular complexity index is 302. The van der Waals surface area contributed by atoms with E-state index in [4.69, 9.17) is 10.5 Å². The number of hydrogen-bond acceptors (Lipinski definition) is 6. The lowest BCUT2D eigenvalue weighted by molar-refractivity contribution is 0.0793. The van der Waals surface area contributed by atoms with E-state index < -0.39 is 6.10 Å². The minimum absolute atomic E-state index is 0.314. The molecular weight excluding hydrogens is 214 g/mol. The Morgan fingerprint density at radius 3 is 2.93 bits per heavy atom. The lowest BCUT2D eigenvalue weighted by Gasteiger charge is -2.08. The third kappa shape index (κ3) is 4.46. The van der Waals surface area contributed by atoms with Crippen LogP contribution in [0.25, 0.3) is 0 Å². The number of aliphatic hydroxyl groups excluding tert-OH is 1. The number of nitrogens with two attached hydrogens (primary N) is 1. The van der Waals surface area contributed by atoms with Crippen LogP contribution in [0.5, 0.6) is 0 Å². The van der Waals surface area contributed by atoms with Crippen LogP contribution in [-0.4, -0.2) is 40.6 Å². The van der Waals surface area contributed by atoms with Crippen molar-refractivity contribution in [3.05, 3.63) is 11.8 Å². The van der Waals surface area contributed by atoms with Crippen molar-refractivity contribution in [3.8, 4) is 0 Å². The van der Waals surface area contributed by atoms with Crippen molar-refractivity contribution in [3.63, 3.8) is 0 Å². The number of thioether (sulfide) groups is 1. The van der Waals surface area contributed by atoms with E-state index in [1.165, 1.54) is 11.8 Å². The number of anilines is 1. The molecule has 0 radical (unpaired) electrons. The fourth-order valence-electron chi connectivity index (χ4n) is 1.04. The molecule has 0 amide bonds. The first-order chi connectivity index (χ1) is 7.11. The van der Waals surface area contributed by atoms with Gasteiger partial charge >= 0.3 is 0 Å². The molecule has 15 heavy (non-hydrogen) atoms. The van der Waals surface area contributed by atoms with Crippen LogP contribution in [0.3, 0.4) is 0 Å². The summed E-state index contributed by atoms with van der Waals surface area (Å²) < 4.78 is 4.81. The monoisotopic (exact) mass is 229 g/mol. The molecule has 1 aromatic heterocycles. The molecule has 1 aromatic rings. The highest BCUT2D eigenvalue weighted by molar-refractivity contribution is 7.99. The molecular formula is C9H15N3O2S. The summed E-state index contributed by atoms with van der Waals surface area (Å²) in [6.45, 7) is 2.17. The zero-order valence-corrected chi connectivity index (χ0v) is 9.62. The van der Waals surface area contributed by atoms with Crippen LogP contribution in [0.4, 0.5) is 5.82 Å². The quantitative estimate of drug-likeness (QED) is 0.564. The average Bonchev–Trinajstić information content (AvgIpc) is 2.14. The maximum Gasteiger partial charge on any atom is 0.189 e. The number of aromatic nitrogens is 2. The molecule has 0 aliphatic heterocycles. The summed E-state index contributed by atoms with van der Waals surface area (Å²) in [5, 5.41) is 10.0. The van der Waals surface area contributed by atoms with Gasteiger partial charge in [0.05, 0.1) is 12.7 Å². The first-order valence-corrected chi connectivity index (χ1v) is 5.51. The van der Waals surface area contributed by atoms with Crippen molar-refractivity contribution in [1.29, 1.82) is 0 Å². The summed E-state index contributed by atoms with van der Waals surface area (Å²) in [6, 6.07) is 1.70. The number of aliphatic hydroxyl groups is 1. The molecule has 1 atom stereocenters. The van der Waals surface area contributed by atoms with Crippen LogP contribution in [0.2, 0.25) is 0 Å². The fraction of sp³-hybridized carbons (Fsp3) is 0.556. The molecule has 0 bridgehead atoms. The summed E-state index contributed by atoms with van der Waals surface area (Å²) in [5.74, 6) is 0.947. The predicted octanol–water partition coefficient (Wildman–Crippen LogP) is 0.467. The van der Waals surface area contributed by atoms with Crippen LogP contribution < -0.4 is 5.73 Å². The smallest absolute Gasteiger partial charge is 0.189 e. The second kappa shape index (κ2) is 5.89. The molecule has 3 N–H and O–H groups in total. The van der Waals surface area contributed by atoms with Gasteiger partial charge in [0.25, 0.3) is 0 Å². The number of ether oxygens (including phenoxy) is 1. The van der Waals surface area contributed by atoms with Crippen LogP contribution >= 0.6 is 11.8 Å². The molecule has 0 aliphatic carbocycles. The molecule has 5 nitrogen and oxygen atoms in total. The van der Waals surface area contributed by atoms with E-state index in [0.717, 1.165) is 5.69 Å². The number of aryl methyl sites for hydroxylation is 1. The van der Waals surface area contributed by atoms with Crippen LogP contribution in [0, 0.1) is 6.92 Å². The van der Waals surface area contributed by atoms with E-state index in [1.54, 1.807) is 13.2 Å². The highest BCUT2D eigenvalue weighted by Crippen LogP contribution is 2.16. The van der Waals surface area contributed by atoms with Gasteiger partial charge in [-0.05, 0) is 6.92 Å². The molecule has 84 valence electrons. The van der Waals surface area contributed by atoms with Crippen molar-refractivity contribution >= 4 is 17.6 Å². The Hall–Kier alpha value is -0.850. The second-order valence-electron chi connectivity index (χ2n) is 3.14. The molecule has 0 aliphatic rings. The number of methoxy groups -OCH3 is 1. The summed E-state index contributed by atoms with van der Waals surface area (Å²) in [7, 11) is 1.55. The van der Waals surface area contributed by atoms with Crippen molar-refractivity contribution < 1.29 is 9.84 Å². The van der Waals surface area contributed by atoms with Gasteiger partial charge in [0, 0.05) is 24.6 Å². The molecule has 6 heteroatoms. The molecule has 0 aromatic carbocycles. The minimum atomic E-state index is -0.509. The largest absolute Gasteiger partial charge is 0.390 e. The molecule has 1 unspecified atom stereocenters. The zero-order valence-electron chi connectivity index (χ0n) is 8.80. The Morgan fingerprint density at radius 2 is 2.33 bits per heavy atom. The van der Waals surface area contributed by atoms with E-state index in [2.05, 4.69) is 9.97 Å². The van der Waals surface area contributed by atoms with Crippen molar-refractivity contribution in [2.24, 2.45) is 0 Å². The standard InChI is InChI=1S/C9H15N3O2S/c1-6-3-8(10)12-9(11-6)15-5-7(13)4-14-2/h3,7,13H,4-5H2,1-2H3,(H2,10,11,12). The van der Waals surface area contributed by atoms with Gasteiger partial charge in [-0.3, -0.25) is 0 Å². The lowest BCUT2D eigenvalue weighted by atomic mass is 10.4. The van der Waals surface area contributed by atoms with E-state index >= 15 is 0 Å². The van der Waals surface area contributed by atoms with Gasteiger partial charge in [0.2, 0.25) is 0 Å². The predicted molar refractivity (Wildman–Crippen MR) is 59.8 cm³/mol. The van der Waals surface area contributed by atoms with Gasteiger partial charge in [0.15, 0.2) is 5.16 Å². The van der Waals surface area contributed by atoms with Gasteiger partial charge in [0.1, 0.15) is 5.82 Å². The normalized spacial score (nSPS) is 12.7. The van der Waals surface area contributed by atoms with Crippen molar-refractivity contribution in [2.75, 3.05) is 25.2 Å². The van der Waals surface area contributed by atoms with Gasteiger partial charge in [-0.15, -0.1) is 0 Å². The topological polar surface area (TPSA) is 81.3 Å². The number of hydrogen-bond donors (Lipinski definition) is 2. The first-order valence-electron chi connectivity index (χ1n) is 4.52.